The first kappa shape index (κ1) is 23.8. The molecule has 0 aliphatic carbocycles. The fourth-order valence-electron chi connectivity index (χ4n) is 3.28. The summed E-state index contributed by atoms with van der Waals surface area (Å²) in [6.07, 6.45) is -4.08. The van der Waals surface area contributed by atoms with Crippen molar-refractivity contribution >= 4 is 23.3 Å². The van der Waals surface area contributed by atoms with E-state index in [2.05, 4.69) is 10.6 Å². The maximum absolute atomic E-state index is 13.8. The van der Waals surface area contributed by atoms with Gasteiger partial charge >= 0.3 is 12.2 Å². The number of nitrogens with zero attached hydrogens (tertiary/aromatic N) is 1. The second-order valence-corrected chi connectivity index (χ2v) is 7.42. The molecule has 5 nitrogen and oxygen atoms in total. The second kappa shape index (κ2) is 10.7. The fourth-order valence-corrected chi connectivity index (χ4v) is 3.28. The fraction of sp³-hybridized carbons (Fsp3) is 0.200. The third-order valence-corrected chi connectivity index (χ3v) is 4.86. The van der Waals surface area contributed by atoms with Crippen LogP contribution in [0.2, 0.25) is 0 Å². The van der Waals surface area contributed by atoms with Gasteiger partial charge in [0.1, 0.15) is 0 Å². The Morgan fingerprint density at radius 3 is 2.12 bits per heavy atom. The Labute approximate surface area is 190 Å². The zero-order valence-corrected chi connectivity index (χ0v) is 18.0. The molecular formula is C25H24F3N3O2. The summed E-state index contributed by atoms with van der Waals surface area (Å²) in [5.41, 5.74) is -0.253. The van der Waals surface area contributed by atoms with Gasteiger partial charge < -0.3 is 15.5 Å². The minimum absolute atomic E-state index is 0.0242. The first-order valence-corrected chi connectivity index (χ1v) is 10.5. The molecule has 172 valence electrons. The molecule has 0 aliphatic heterocycles. The highest BCUT2D eigenvalue weighted by Gasteiger charge is 2.35. The van der Waals surface area contributed by atoms with Gasteiger partial charge in [-0.05, 0) is 42.3 Å². The minimum atomic E-state index is -4.73. The van der Waals surface area contributed by atoms with Crippen molar-refractivity contribution in [1.82, 2.24) is 4.90 Å². The number of rotatable bonds is 7. The predicted molar refractivity (Wildman–Crippen MR) is 122 cm³/mol. The number of alkyl halides is 3. The number of urea groups is 1. The van der Waals surface area contributed by atoms with Crippen molar-refractivity contribution in [3.8, 4) is 0 Å². The normalized spacial score (nSPS) is 11.0. The molecule has 0 radical (unpaired) electrons. The van der Waals surface area contributed by atoms with Crippen molar-refractivity contribution in [2.45, 2.75) is 26.1 Å². The summed E-state index contributed by atoms with van der Waals surface area (Å²) in [5.74, 6) is -0.530. The third kappa shape index (κ3) is 6.58. The first-order valence-electron chi connectivity index (χ1n) is 10.5. The summed E-state index contributed by atoms with van der Waals surface area (Å²) < 4.78 is 41.3. The van der Waals surface area contributed by atoms with Crippen LogP contribution in [0.4, 0.5) is 29.3 Å². The molecule has 33 heavy (non-hydrogen) atoms. The molecule has 3 aromatic carbocycles. The molecule has 0 saturated carbocycles. The lowest BCUT2D eigenvalue weighted by Crippen LogP contribution is -2.35. The van der Waals surface area contributed by atoms with E-state index in [-0.39, 0.29) is 17.9 Å². The Morgan fingerprint density at radius 2 is 1.52 bits per heavy atom. The lowest BCUT2D eigenvalue weighted by Gasteiger charge is -2.24. The van der Waals surface area contributed by atoms with E-state index in [1.165, 1.54) is 11.0 Å². The Balaban J connectivity index is 1.81. The minimum Gasteiger partial charge on any atom is -0.322 e. The van der Waals surface area contributed by atoms with Crippen LogP contribution in [0.15, 0.2) is 78.9 Å². The molecule has 0 fully saturated rings. The Kier molecular flexibility index (Phi) is 7.71. The predicted octanol–water partition coefficient (Wildman–Crippen LogP) is 6.40. The van der Waals surface area contributed by atoms with Crippen LogP contribution in [0.5, 0.6) is 0 Å². The number of carbonyl (C=O) groups excluding carboxylic acids is 2. The quantitative estimate of drug-likeness (QED) is 0.433. The molecule has 3 rings (SSSR count). The molecule has 0 spiro atoms. The van der Waals surface area contributed by atoms with Gasteiger partial charge in [0.25, 0.3) is 5.91 Å². The monoisotopic (exact) mass is 455 g/mol. The van der Waals surface area contributed by atoms with Gasteiger partial charge in [-0.15, -0.1) is 0 Å². The number of hydrogen-bond acceptors (Lipinski definition) is 2. The Hall–Kier alpha value is -3.81. The van der Waals surface area contributed by atoms with Gasteiger partial charge in [-0.1, -0.05) is 55.5 Å². The first-order chi connectivity index (χ1) is 15.8. The molecule has 2 N–H and O–H groups in total. The van der Waals surface area contributed by atoms with Gasteiger partial charge in [0.15, 0.2) is 0 Å². The van der Waals surface area contributed by atoms with Crippen molar-refractivity contribution in [3.05, 3.63) is 95.6 Å². The van der Waals surface area contributed by atoms with E-state index in [4.69, 9.17) is 0 Å². The van der Waals surface area contributed by atoms with E-state index in [1.54, 1.807) is 30.3 Å². The van der Waals surface area contributed by atoms with Crippen LogP contribution in [0.1, 0.15) is 34.8 Å². The number of anilines is 2. The van der Waals surface area contributed by atoms with Crippen LogP contribution in [0, 0.1) is 0 Å². The molecular weight excluding hydrogens is 431 g/mol. The molecule has 0 atom stereocenters. The summed E-state index contributed by atoms with van der Waals surface area (Å²) in [5, 5.41) is 4.85. The number of hydrogen-bond donors (Lipinski definition) is 2. The topological polar surface area (TPSA) is 61.4 Å². The van der Waals surface area contributed by atoms with Gasteiger partial charge in [0.2, 0.25) is 0 Å². The molecule has 8 heteroatoms. The maximum Gasteiger partial charge on any atom is 0.418 e. The highest BCUT2D eigenvalue weighted by molar-refractivity contribution is 6.04. The van der Waals surface area contributed by atoms with Crippen molar-refractivity contribution in [3.63, 3.8) is 0 Å². The lowest BCUT2D eigenvalue weighted by molar-refractivity contribution is -0.136. The van der Waals surface area contributed by atoms with E-state index in [1.807, 2.05) is 37.3 Å². The molecule has 3 amide bonds. The number of halogens is 3. The summed E-state index contributed by atoms with van der Waals surface area (Å²) in [6.45, 7) is 2.54. The molecule has 0 unspecified atom stereocenters. The second-order valence-electron chi connectivity index (χ2n) is 7.42. The third-order valence-electron chi connectivity index (χ3n) is 4.86. The molecule has 3 aromatic rings. The van der Waals surface area contributed by atoms with Crippen molar-refractivity contribution in [2.24, 2.45) is 0 Å². The smallest absolute Gasteiger partial charge is 0.322 e. The maximum atomic E-state index is 13.8. The highest BCUT2D eigenvalue weighted by atomic mass is 19.4. The molecule has 0 heterocycles. The van der Waals surface area contributed by atoms with Crippen molar-refractivity contribution in [2.75, 3.05) is 17.2 Å². The van der Waals surface area contributed by atoms with E-state index >= 15 is 0 Å². The van der Waals surface area contributed by atoms with Gasteiger partial charge in [0, 0.05) is 24.3 Å². The SMILES string of the molecule is CCCN(Cc1ccccc1)C(=O)Nc1ccc(NC(=O)c2ccccc2)cc1C(F)(F)F. The molecule has 0 aliphatic rings. The highest BCUT2D eigenvalue weighted by Crippen LogP contribution is 2.37. The van der Waals surface area contributed by atoms with E-state index in [0.29, 0.717) is 18.5 Å². The average Bonchev–Trinajstić information content (AvgIpc) is 2.80. The zero-order valence-electron chi connectivity index (χ0n) is 18.0. The van der Waals surface area contributed by atoms with Crippen LogP contribution in [0.25, 0.3) is 0 Å². The van der Waals surface area contributed by atoms with Crippen molar-refractivity contribution in [1.29, 1.82) is 0 Å². The molecule has 0 aromatic heterocycles. The Bertz CT molecular complexity index is 1090. The van der Waals surface area contributed by atoms with Gasteiger partial charge in [-0.25, -0.2) is 4.79 Å². The zero-order chi connectivity index (χ0) is 23.8. The van der Waals surface area contributed by atoms with E-state index in [0.717, 1.165) is 17.7 Å². The average molecular weight is 455 g/mol. The van der Waals surface area contributed by atoms with Crippen LogP contribution in [0.3, 0.4) is 0 Å². The summed E-state index contributed by atoms with van der Waals surface area (Å²) in [7, 11) is 0. The number of carbonyl (C=O) groups is 2. The summed E-state index contributed by atoms with van der Waals surface area (Å²) >= 11 is 0. The lowest BCUT2D eigenvalue weighted by atomic mass is 10.1. The van der Waals surface area contributed by atoms with Crippen LogP contribution < -0.4 is 10.6 Å². The van der Waals surface area contributed by atoms with Gasteiger partial charge in [-0.2, -0.15) is 13.2 Å². The number of amides is 3. The summed E-state index contributed by atoms with van der Waals surface area (Å²) in [6, 6.07) is 20.0. The van der Waals surface area contributed by atoms with E-state index in [9.17, 15) is 22.8 Å². The molecule has 0 saturated heterocycles. The number of nitrogens with one attached hydrogen (secondary N) is 2. The largest absolute Gasteiger partial charge is 0.418 e. The summed E-state index contributed by atoms with van der Waals surface area (Å²) in [4.78, 5) is 26.6. The van der Waals surface area contributed by atoms with Gasteiger partial charge in [-0.3, -0.25) is 4.79 Å². The standard InChI is InChI=1S/C25H24F3N3O2/c1-2-15-31(17-18-9-5-3-6-10-18)24(33)30-22-14-13-20(16-21(22)25(26,27)28)29-23(32)19-11-7-4-8-12-19/h3-14,16H,2,15,17H2,1H3,(H,29,32)(H,30,33). The van der Waals surface area contributed by atoms with Crippen molar-refractivity contribution < 1.29 is 22.8 Å². The number of benzene rings is 3. The van der Waals surface area contributed by atoms with Crippen LogP contribution in [-0.4, -0.2) is 23.4 Å². The van der Waals surface area contributed by atoms with Gasteiger partial charge in [0.05, 0.1) is 11.3 Å². The van der Waals surface area contributed by atoms with Crippen LogP contribution >= 0.6 is 0 Å². The van der Waals surface area contributed by atoms with Crippen LogP contribution in [-0.2, 0) is 12.7 Å². The molecule has 0 bridgehead atoms. The van der Waals surface area contributed by atoms with E-state index < -0.39 is 23.7 Å². The Morgan fingerprint density at radius 1 is 0.879 bits per heavy atom.